The van der Waals surface area contributed by atoms with Crippen LogP contribution in [0, 0.1) is 0 Å². The molecule has 37 heavy (non-hydrogen) atoms. The first-order valence-electron chi connectivity index (χ1n) is 11.7. The molecule has 1 saturated heterocycles. The highest BCUT2D eigenvalue weighted by atomic mass is 35.5. The topological polar surface area (TPSA) is 120 Å². The Hall–Kier alpha value is -2.86. The van der Waals surface area contributed by atoms with Crippen molar-refractivity contribution in [3.8, 4) is 0 Å². The number of amides is 3. The number of benzene rings is 1. The lowest BCUT2D eigenvalue weighted by molar-refractivity contribution is 0.0762. The summed E-state index contributed by atoms with van der Waals surface area (Å²) in [6.07, 6.45) is 0.792. The second-order valence-corrected chi connectivity index (χ2v) is 10.7. The zero-order chi connectivity index (χ0) is 25.4. The molecule has 5 rings (SSSR count). The van der Waals surface area contributed by atoms with Gasteiger partial charge in [0.05, 0.1) is 24.9 Å². The molecule has 0 radical (unpaired) electrons. The molecule has 1 aromatic carbocycles. The number of hydrogen-bond donors (Lipinski definition) is 3. The van der Waals surface area contributed by atoms with Crippen LogP contribution in [0.15, 0.2) is 24.3 Å². The van der Waals surface area contributed by atoms with E-state index in [2.05, 4.69) is 25.5 Å². The summed E-state index contributed by atoms with van der Waals surface area (Å²) in [5.41, 5.74) is 2.16. The molecule has 2 atom stereocenters. The summed E-state index contributed by atoms with van der Waals surface area (Å²) in [6.45, 7) is 2.28. The number of aromatic amines is 1. The Balaban J connectivity index is 0.00000320. The van der Waals surface area contributed by atoms with Gasteiger partial charge in [-0.25, -0.2) is 9.78 Å². The minimum absolute atomic E-state index is 0. The number of methoxy groups -OCH3 is 1. The molecule has 0 spiro atoms. The van der Waals surface area contributed by atoms with Gasteiger partial charge in [0, 0.05) is 53.4 Å². The van der Waals surface area contributed by atoms with E-state index in [0.29, 0.717) is 28.7 Å². The average molecular weight is 567 g/mol. The summed E-state index contributed by atoms with van der Waals surface area (Å²) >= 11 is 7.46. The molecule has 0 aliphatic carbocycles. The van der Waals surface area contributed by atoms with Gasteiger partial charge in [-0.1, -0.05) is 11.6 Å². The summed E-state index contributed by atoms with van der Waals surface area (Å²) in [5, 5.41) is 7.85. The number of halogens is 2. The van der Waals surface area contributed by atoms with Gasteiger partial charge in [-0.05, 0) is 37.7 Å². The molecule has 2 aromatic heterocycles. The molecule has 198 valence electrons. The maximum absolute atomic E-state index is 13.2. The van der Waals surface area contributed by atoms with Crippen LogP contribution in [0.4, 0.5) is 4.79 Å². The van der Waals surface area contributed by atoms with E-state index >= 15 is 0 Å². The zero-order valence-corrected chi connectivity index (χ0v) is 22.8. The number of rotatable bonds is 4. The summed E-state index contributed by atoms with van der Waals surface area (Å²) in [7, 11) is 3.36. The Labute approximate surface area is 229 Å². The number of H-pyrrole nitrogens is 1. The van der Waals surface area contributed by atoms with E-state index in [1.165, 1.54) is 23.3 Å². The van der Waals surface area contributed by atoms with Crippen LogP contribution in [0.2, 0.25) is 5.02 Å². The Bertz CT molecular complexity index is 1330. The minimum atomic E-state index is -0.517. The van der Waals surface area contributed by atoms with Crippen LogP contribution in [0.5, 0.6) is 0 Å². The van der Waals surface area contributed by atoms with Gasteiger partial charge in [0.1, 0.15) is 5.69 Å². The fourth-order valence-corrected chi connectivity index (χ4v) is 5.96. The number of ether oxygens (including phenoxy) is 1. The predicted molar refractivity (Wildman–Crippen MR) is 144 cm³/mol. The number of piperidine rings is 1. The van der Waals surface area contributed by atoms with Gasteiger partial charge in [0.2, 0.25) is 0 Å². The SMILES string of the molecule is COC(=O)N1CC[C@H](NC(=O)c2cc3cc(Cl)ccc3[nH]2)[C@H](NC(=O)c2nc3c(s2)CN(C)CC3)C1.Cl. The highest BCUT2D eigenvalue weighted by molar-refractivity contribution is 7.13. The first-order valence-corrected chi connectivity index (χ1v) is 12.9. The number of carbonyl (C=O) groups is 3. The second-order valence-electron chi connectivity index (χ2n) is 9.16. The van der Waals surface area contributed by atoms with Crippen LogP contribution < -0.4 is 10.6 Å². The molecule has 3 amide bonds. The predicted octanol–water partition coefficient (Wildman–Crippen LogP) is 3.06. The highest BCUT2D eigenvalue weighted by Gasteiger charge is 2.35. The number of nitrogens with one attached hydrogen (secondary N) is 3. The standard InChI is InChI=1S/C24H27ClN6O4S.ClH/c1-30-7-5-17-20(12-30)36-23(29-17)22(33)28-19-11-31(24(34)35-2)8-6-16(19)27-21(32)18-10-13-9-14(25)3-4-15(13)26-18;/h3-4,9-10,16,19,26H,5-8,11-12H2,1-2H3,(H,27,32)(H,28,33);1H/t16-,19+;/m0./s1. The fraction of sp³-hybridized carbons (Fsp3) is 0.417. The lowest BCUT2D eigenvalue weighted by Gasteiger charge is -2.38. The van der Waals surface area contributed by atoms with Crippen molar-refractivity contribution in [2.45, 2.75) is 31.5 Å². The maximum atomic E-state index is 13.2. The molecular weight excluding hydrogens is 539 g/mol. The van der Waals surface area contributed by atoms with E-state index in [4.69, 9.17) is 16.3 Å². The Morgan fingerprint density at radius 1 is 1.16 bits per heavy atom. The quantitative estimate of drug-likeness (QED) is 0.446. The fourth-order valence-electron chi connectivity index (χ4n) is 4.69. The molecular formula is C24H28Cl2N6O4S. The van der Waals surface area contributed by atoms with Crippen molar-refractivity contribution in [1.82, 2.24) is 30.4 Å². The summed E-state index contributed by atoms with van der Waals surface area (Å²) in [5.74, 6) is -0.612. The van der Waals surface area contributed by atoms with Crippen LogP contribution >= 0.6 is 35.3 Å². The van der Waals surface area contributed by atoms with Crippen LogP contribution in [0.1, 0.15) is 37.3 Å². The van der Waals surface area contributed by atoms with E-state index in [-0.39, 0.29) is 30.8 Å². The van der Waals surface area contributed by atoms with Gasteiger partial charge in [-0.2, -0.15) is 0 Å². The third-order valence-corrected chi connectivity index (χ3v) is 7.94. The first-order chi connectivity index (χ1) is 17.3. The van der Waals surface area contributed by atoms with Gasteiger partial charge >= 0.3 is 6.09 Å². The first kappa shape index (κ1) is 27.2. The molecule has 3 N–H and O–H groups in total. The molecule has 1 fully saturated rings. The molecule has 13 heteroatoms. The molecule has 2 aliphatic heterocycles. The lowest BCUT2D eigenvalue weighted by atomic mass is 9.99. The molecule has 0 saturated carbocycles. The maximum Gasteiger partial charge on any atom is 0.409 e. The number of aromatic nitrogens is 2. The van der Waals surface area contributed by atoms with Crippen molar-refractivity contribution in [2.24, 2.45) is 0 Å². The van der Waals surface area contributed by atoms with E-state index in [1.807, 2.05) is 13.1 Å². The van der Waals surface area contributed by atoms with Crippen molar-refractivity contribution in [1.29, 1.82) is 0 Å². The van der Waals surface area contributed by atoms with Gasteiger partial charge < -0.3 is 30.2 Å². The monoisotopic (exact) mass is 566 g/mol. The minimum Gasteiger partial charge on any atom is -0.453 e. The number of thiazole rings is 1. The summed E-state index contributed by atoms with van der Waals surface area (Å²) in [4.78, 5) is 50.9. The third kappa shape index (κ3) is 5.85. The summed E-state index contributed by atoms with van der Waals surface area (Å²) < 4.78 is 4.88. The smallest absolute Gasteiger partial charge is 0.409 e. The molecule has 2 aliphatic rings. The lowest BCUT2D eigenvalue weighted by Crippen LogP contribution is -2.61. The Morgan fingerprint density at radius 3 is 2.73 bits per heavy atom. The number of hydrogen-bond acceptors (Lipinski definition) is 7. The Kier molecular flexibility index (Phi) is 8.27. The molecule has 10 nitrogen and oxygen atoms in total. The van der Waals surface area contributed by atoms with Crippen LogP contribution in [0.3, 0.4) is 0 Å². The van der Waals surface area contributed by atoms with E-state index in [1.54, 1.807) is 18.2 Å². The average Bonchev–Trinajstić information content (AvgIpc) is 3.48. The number of carbonyl (C=O) groups excluding carboxylic acids is 3. The number of fused-ring (bicyclic) bond motifs is 2. The van der Waals surface area contributed by atoms with E-state index < -0.39 is 18.2 Å². The van der Waals surface area contributed by atoms with Crippen molar-refractivity contribution >= 4 is 64.2 Å². The van der Waals surface area contributed by atoms with E-state index in [0.717, 1.165) is 41.0 Å². The van der Waals surface area contributed by atoms with Gasteiger partial charge in [-0.3, -0.25) is 9.59 Å². The van der Waals surface area contributed by atoms with Crippen LogP contribution in [0.25, 0.3) is 10.9 Å². The molecule has 0 unspecified atom stereocenters. The van der Waals surface area contributed by atoms with Crippen molar-refractivity contribution in [3.05, 3.63) is 50.6 Å². The van der Waals surface area contributed by atoms with Crippen molar-refractivity contribution < 1.29 is 19.1 Å². The van der Waals surface area contributed by atoms with Gasteiger partial charge in [-0.15, -0.1) is 23.7 Å². The van der Waals surface area contributed by atoms with Gasteiger partial charge in [0.25, 0.3) is 11.8 Å². The van der Waals surface area contributed by atoms with E-state index in [9.17, 15) is 14.4 Å². The number of likely N-dealkylation sites (N-methyl/N-ethyl adjacent to an activating group) is 1. The summed E-state index contributed by atoms with van der Waals surface area (Å²) in [6, 6.07) is 6.19. The largest absolute Gasteiger partial charge is 0.453 e. The van der Waals surface area contributed by atoms with Crippen molar-refractivity contribution in [3.63, 3.8) is 0 Å². The Morgan fingerprint density at radius 2 is 1.95 bits per heavy atom. The molecule has 4 heterocycles. The molecule has 3 aromatic rings. The van der Waals surface area contributed by atoms with Crippen LogP contribution in [-0.2, 0) is 17.7 Å². The number of nitrogens with zero attached hydrogens (tertiary/aromatic N) is 3. The third-order valence-electron chi connectivity index (χ3n) is 6.62. The van der Waals surface area contributed by atoms with Crippen LogP contribution in [-0.4, -0.2) is 83.6 Å². The zero-order valence-electron chi connectivity index (χ0n) is 20.4. The van der Waals surface area contributed by atoms with Gasteiger partial charge in [0.15, 0.2) is 5.01 Å². The highest BCUT2D eigenvalue weighted by Crippen LogP contribution is 2.25. The second kappa shape index (κ2) is 11.3. The normalized spacial score (nSPS) is 19.6. The number of likely N-dealkylation sites (tertiary alicyclic amines) is 1. The molecule has 0 bridgehead atoms. The van der Waals surface area contributed by atoms with Crippen molar-refractivity contribution in [2.75, 3.05) is 33.8 Å².